The fourth-order valence-electron chi connectivity index (χ4n) is 3.11. The Bertz CT molecular complexity index is 873. The predicted molar refractivity (Wildman–Crippen MR) is 89.6 cm³/mol. The van der Waals surface area contributed by atoms with Gasteiger partial charge in [0.2, 0.25) is 10.0 Å². The third-order valence-corrected chi connectivity index (χ3v) is 6.16. The standard InChI is InChI=1S/C17H19FN2O4S/c1-23-13-5-6-17(24-2)15(9-13)16-4-3-7-20(16)25(21,22)14-8-12(18)10-19-11-14/h5-6,8-11,16H,3-4,7H2,1-2H3. The summed E-state index contributed by atoms with van der Waals surface area (Å²) >= 11 is 0. The quantitative estimate of drug-likeness (QED) is 0.814. The number of hydrogen-bond donors (Lipinski definition) is 0. The molecule has 0 aliphatic carbocycles. The molecule has 1 unspecified atom stereocenters. The van der Waals surface area contributed by atoms with E-state index in [1.54, 1.807) is 25.3 Å². The highest BCUT2D eigenvalue weighted by atomic mass is 32.2. The van der Waals surface area contributed by atoms with E-state index >= 15 is 0 Å². The van der Waals surface area contributed by atoms with Crippen molar-refractivity contribution in [1.29, 1.82) is 0 Å². The molecule has 2 heterocycles. The topological polar surface area (TPSA) is 68.7 Å². The van der Waals surface area contributed by atoms with Gasteiger partial charge in [0.15, 0.2) is 0 Å². The third kappa shape index (κ3) is 3.32. The molecule has 0 spiro atoms. The van der Waals surface area contributed by atoms with Crippen molar-refractivity contribution >= 4 is 10.0 Å². The molecule has 0 radical (unpaired) electrons. The van der Waals surface area contributed by atoms with Gasteiger partial charge in [-0.05, 0) is 37.1 Å². The summed E-state index contributed by atoms with van der Waals surface area (Å²) in [6.45, 7) is 0.351. The molecule has 6 nitrogen and oxygen atoms in total. The number of hydrogen-bond acceptors (Lipinski definition) is 5. The molecule has 1 atom stereocenters. The first-order chi connectivity index (χ1) is 12.0. The van der Waals surface area contributed by atoms with Crippen LogP contribution in [0.5, 0.6) is 11.5 Å². The molecule has 0 saturated carbocycles. The fraction of sp³-hybridized carbons (Fsp3) is 0.353. The first kappa shape index (κ1) is 17.6. The summed E-state index contributed by atoms with van der Waals surface area (Å²) in [6.07, 6.45) is 3.49. The van der Waals surface area contributed by atoms with Crippen LogP contribution in [-0.2, 0) is 10.0 Å². The molecule has 1 aliphatic rings. The number of ether oxygens (including phenoxy) is 2. The second kappa shape index (κ2) is 6.97. The molecule has 1 aromatic heterocycles. The normalized spacial score (nSPS) is 18.3. The first-order valence-electron chi connectivity index (χ1n) is 7.81. The molecule has 1 fully saturated rings. The number of methoxy groups -OCH3 is 2. The van der Waals surface area contributed by atoms with Gasteiger partial charge in [-0.15, -0.1) is 0 Å². The van der Waals surface area contributed by atoms with Crippen LogP contribution >= 0.6 is 0 Å². The average molecular weight is 366 g/mol. The Morgan fingerprint density at radius 3 is 2.68 bits per heavy atom. The Morgan fingerprint density at radius 2 is 2.00 bits per heavy atom. The van der Waals surface area contributed by atoms with Crippen LogP contribution in [-0.4, -0.2) is 38.5 Å². The molecule has 134 valence electrons. The summed E-state index contributed by atoms with van der Waals surface area (Å²) in [5, 5.41) is 0. The molecule has 1 aromatic carbocycles. The Labute approximate surface area is 146 Å². The van der Waals surface area contributed by atoms with Crippen molar-refractivity contribution in [2.45, 2.75) is 23.8 Å². The van der Waals surface area contributed by atoms with E-state index in [1.165, 1.54) is 11.4 Å². The smallest absolute Gasteiger partial charge is 0.245 e. The molecule has 3 rings (SSSR count). The number of halogens is 1. The summed E-state index contributed by atoms with van der Waals surface area (Å²) in [6, 6.07) is 5.87. The average Bonchev–Trinajstić information content (AvgIpc) is 3.11. The zero-order chi connectivity index (χ0) is 18.0. The Kier molecular flexibility index (Phi) is 4.91. The second-order valence-electron chi connectivity index (χ2n) is 5.72. The lowest BCUT2D eigenvalue weighted by Gasteiger charge is -2.26. The lowest BCUT2D eigenvalue weighted by Crippen LogP contribution is -2.31. The van der Waals surface area contributed by atoms with E-state index in [4.69, 9.17) is 9.47 Å². The Balaban J connectivity index is 2.04. The van der Waals surface area contributed by atoms with Crippen molar-refractivity contribution < 1.29 is 22.3 Å². The molecule has 25 heavy (non-hydrogen) atoms. The van der Waals surface area contributed by atoms with Crippen LogP contribution in [0.1, 0.15) is 24.4 Å². The van der Waals surface area contributed by atoms with Crippen molar-refractivity contribution in [1.82, 2.24) is 9.29 Å². The van der Waals surface area contributed by atoms with Gasteiger partial charge >= 0.3 is 0 Å². The Hall–Kier alpha value is -2.19. The van der Waals surface area contributed by atoms with Gasteiger partial charge < -0.3 is 9.47 Å². The molecule has 2 aromatic rings. The van der Waals surface area contributed by atoms with E-state index in [1.807, 2.05) is 0 Å². The highest BCUT2D eigenvalue weighted by Crippen LogP contribution is 2.41. The minimum absolute atomic E-state index is 0.152. The van der Waals surface area contributed by atoms with Crippen molar-refractivity contribution in [3.8, 4) is 11.5 Å². The number of nitrogens with zero attached hydrogens (tertiary/aromatic N) is 2. The minimum atomic E-state index is -3.87. The zero-order valence-electron chi connectivity index (χ0n) is 14.0. The van der Waals surface area contributed by atoms with Crippen LogP contribution in [0, 0.1) is 5.82 Å². The lowest BCUT2D eigenvalue weighted by molar-refractivity contribution is 0.361. The molecule has 8 heteroatoms. The maximum Gasteiger partial charge on any atom is 0.245 e. The minimum Gasteiger partial charge on any atom is -0.497 e. The zero-order valence-corrected chi connectivity index (χ0v) is 14.8. The van der Waals surface area contributed by atoms with Gasteiger partial charge in [-0.25, -0.2) is 12.8 Å². The fourth-order valence-corrected chi connectivity index (χ4v) is 4.76. The van der Waals surface area contributed by atoms with E-state index in [2.05, 4.69) is 4.98 Å². The molecular formula is C17H19FN2O4S. The first-order valence-corrected chi connectivity index (χ1v) is 9.25. The van der Waals surface area contributed by atoms with E-state index < -0.39 is 21.9 Å². The van der Waals surface area contributed by atoms with Gasteiger partial charge in [-0.3, -0.25) is 4.98 Å². The molecule has 1 aliphatic heterocycles. The molecule has 1 saturated heterocycles. The second-order valence-corrected chi connectivity index (χ2v) is 7.61. The van der Waals surface area contributed by atoms with Crippen molar-refractivity contribution in [3.63, 3.8) is 0 Å². The maximum atomic E-state index is 13.4. The summed E-state index contributed by atoms with van der Waals surface area (Å²) in [4.78, 5) is 3.50. The van der Waals surface area contributed by atoms with Crippen LogP contribution in [0.25, 0.3) is 0 Å². The van der Waals surface area contributed by atoms with E-state index in [0.29, 0.717) is 30.9 Å². The number of rotatable bonds is 5. The van der Waals surface area contributed by atoms with Gasteiger partial charge in [-0.1, -0.05) is 0 Å². The van der Waals surface area contributed by atoms with Crippen molar-refractivity contribution in [2.24, 2.45) is 0 Å². The lowest BCUT2D eigenvalue weighted by atomic mass is 10.0. The van der Waals surface area contributed by atoms with Crippen molar-refractivity contribution in [2.75, 3.05) is 20.8 Å². The third-order valence-electron chi connectivity index (χ3n) is 4.29. The van der Waals surface area contributed by atoms with Crippen LogP contribution in [0.15, 0.2) is 41.6 Å². The summed E-state index contributed by atoms with van der Waals surface area (Å²) in [5.74, 6) is 0.522. The molecular weight excluding hydrogens is 347 g/mol. The van der Waals surface area contributed by atoms with E-state index in [9.17, 15) is 12.8 Å². The molecule has 0 N–H and O–H groups in total. The number of aromatic nitrogens is 1. The van der Waals surface area contributed by atoms with Crippen LogP contribution in [0.2, 0.25) is 0 Å². The summed E-state index contributed by atoms with van der Waals surface area (Å²) < 4.78 is 51.4. The largest absolute Gasteiger partial charge is 0.497 e. The van der Waals surface area contributed by atoms with E-state index in [-0.39, 0.29) is 4.90 Å². The monoisotopic (exact) mass is 366 g/mol. The van der Waals surface area contributed by atoms with Gasteiger partial charge in [0, 0.05) is 18.3 Å². The number of pyridine rings is 1. The van der Waals surface area contributed by atoms with Gasteiger partial charge in [-0.2, -0.15) is 4.31 Å². The predicted octanol–water partition coefficient (Wildman–Crippen LogP) is 2.76. The van der Waals surface area contributed by atoms with Gasteiger partial charge in [0.05, 0.1) is 26.5 Å². The van der Waals surface area contributed by atoms with E-state index in [0.717, 1.165) is 24.0 Å². The Morgan fingerprint density at radius 1 is 1.20 bits per heavy atom. The summed E-state index contributed by atoms with van der Waals surface area (Å²) in [7, 11) is -0.783. The highest BCUT2D eigenvalue weighted by molar-refractivity contribution is 7.89. The number of sulfonamides is 1. The summed E-state index contributed by atoms with van der Waals surface area (Å²) in [5.41, 5.74) is 0.729. The number of benzene rings is 1. The van der Waals surface area contributed by atoms with Crippen molar-refractivity contribution in [3.05, 3.63) is 48.0 Å². The van der Waals surface area contributed by atoms with Crippen LogP contribution in [0.3, 0.4) is 0 Å². The van der Waals surface area contributed by atoms with Gasteiger partial charge in [0.25, 0.3) is 0 Å². The highest BCUT2D eigenvalue weighted by Gasteiger charge is 2.38. The van der Waals surface area contributed by atoms with Crippen LogP contribution < -0.4 is 9.47 Å². The maximum absolute atomic E-state index is 13.4. The van der Waals surface area contributed by atoms with Gasteiger partial charge in [0.1, 0.15) is 22.2 Å². The molecule has 0 bridgehead atoms. The van der Waals surface area contributed by atoms with Crippen LogP contribution in [0.4, 0.5) is 4.39 Å². The molecule has 0 amide bonds. The SMILES string of the molecule is COc1ccc(OC)c(C2CCCN2S(=O)(=O)c2cncc(F)c2)c1.